The van der Waals surface area contributed by atoms with Gasteiger partial charge in [0, 0.05) is 35.9 Å². The Labute approximate surface area is 298 Å². The third kappa shape index (κ3) is 6.35. The van der Waals surface area contributed by atoms with E-state index in [9.17, 15) is 13.2 Å². The van der Waals surface area contributed by atoms with Gasteiger partial charge in [-0.25, -0.2) is 18.2 Å². The number of sulfonamides is 1. The molecule has 0 spiro atoms. The summed E-state index contributed by atoms with van der Waals surface area (Å²) in [5.41, 5.74) is -1.68. The monoisotopic (exact) mass is 725 g/mol. The van der Waals surface area contributed by atoms with Crippen LogP contribution in [-0.4, -0.2) is 88.7 Å². The SMILES string of the molecule is CCOc1ncccc1C1(NC(=O)N2CCC(C3CCN(CC)CC3)CC2)C(=O)N(S(=O)(=O)c2ccc(OC)cc2OC)c2ccc(Cl)cc21. The quantitative estimate of drug-likeness (QED) is 0.297. The van der Waals surface area contributed by atoms with Crippen molar-refractivity contribution in [1.29, 1.82) is 0 Å². The molecule has 14 heteroatoms. The number of piperidine rings is 2. The van der Waals surface area contributed by atoms with Gasteiger partial charge in [0.2, 0.25) is 5.88 Å². The van der Waals surface area contributed by atoms with Gasteiger partial charge in [-0.15, -0.1) is 0 Å². The molecule has 4 heterocycles. The van der Waals surface area contributed by atoms with E-state index in [4.69, 9.17) is 25.8 Å². The number of anilines is 1. The fourth-order valence-electron chi connectivity index (χ4n) is 7.62. The second kappa shape index (κ2) is 14.7. The predicted molar refractivity (Wildman–Crippen MR) is 190 cm³/mol. The van der Waals surface area contributed by atoms with Crippen LogP contribution in [0.25, 0.3) is 0 Å². The summed E-state index contributed by atoms with van der Waals surface area (Å²) >= 11 is 6.55. The Balaban J connectivity index is 1.41. The Bertz CT molecular complexity index is 1840. The minimum absolute atomic E-state index is 0.0196. The number of urea groups is 1. The van der Waals surface area contributed by atoms with Gasteiger partial charge < -0.3 is 29.3 Å². The molecule has 3 aromatic rings. The number of hydrogen-bond donors (Lipinski definition) is 1. The van der Waals surface area contributed by atoms with Crippen molar-refractivity contribution in [3.05, 3.63) is 70.9 Å². The van der Waals surface area contributed by atoms with Crippen LogP contribution in [0.3, 0.4) is 0 Å². The number of pyridine rings is 1. The van der Waals surface area contributed by atoms with Crippen LogP contribution in [0.1, 0.15) is 50.7 Å². The van der Waals surface area contributed by atoms with Gasteiger partial charge in [-0.3, -0.25) is 4.79 Å². The highest BCUT2D eigenvalue weighted by Gasteiger charge is 2.59. The number of hydrogen-bond acceptors (Lipinski definition) is 9. The van der Waals surface area contributed by atoms with Gasteiger partial charge >= 0.3 is 6.03 Å². The summed E-state index contributed by atoms with van der Waals surface area (Å²) in [6, 6.07) is 11.4. The van der Waals surface area contributed by atoms with Crippen molar-refractivity contribution in [2.24, 2.45) is 11.8 Å². The molecule has 3 aliphatic rings. The van der Waals surface area contributed by atoms with Gasteiger partial charge in [0.15, 0.2) is 5.54 Å². The number of halogens is 1. The number of amides is 3. The van der Waals surface area contributed by atoms with Crippen LogP contribution in [0.15, 0.2) is 59.6 Å². The van der Waals surface area contributed by atoms with Crippen molar-refractivity contribution in [3.8, 4) is 17.4 Å². The first-order valence-electron chi connectivity index (χ1n) is 17.1. The molecule has 2 aromatic carbocycles. The highest BCUT2D eigenvalue weighted by Crippen LogP contribution is 2.50. The number of methoxy groups -OCH3 is 2. The average molecular weight is 726 g/mol. The van der Waals surface area contributed by atoms with Crippen molar-refractivity contribution in [2.75, 3.05) is 57.9 Å². The number of fused-ring (bicyclic) bond motifs is 1. The van der Waals surface area contributed by atoms with E-state index in [2.05, 4.69) is 22.1 Å². The van der Waals surface area contributed by atoms with Crippen molar-refractivity contribution in [3.63, 3.8) is 0 Å². The number of nitrogens with one attached hydrogen (secondary N) is 1. The van der Waals surface area contributed by atoms with Gasteiger partial charge in [-0.05, 0) is 107 Å². The van der Waals surface area contributed by atoms with Crippen molar-refractivity contribution in [2.45, 2.75) is 50.0 Å². The van der Waals surface area contributed by atoms with Crippen molar-refractivity contribution < 1.29 is 32.2 Å². The maximum absolute atomic E-state index is 15.1. The van der Waals surface area contributed by atoms with E-state index in [1.807, 2.05) is 0 Å². The van der Waals surface area contributed by atoms with Gasteiger partial charge in [-0.2, -0.15) is 4.31 Å². The zero-order chi connectivity index (χ0) is 35.6. The molecule has 0 bridgehead atoms. The number of likely N-dealkylation sites (tertiary alicyclic amines) is 2. The zero-order valence-electron chi connectivity index (χ0n) is 28.9. The van der Waals surface area contributed by atoms with Gasteiger partial charge in [0.05, 0.1) is 32.1 Å². The third-order valence-corrected chi connectivity index (χ3v) is 12.3. The lowest BCUT2D eigenvalue weighted by atomic mass is 9.79. The lowest BCUT2D eigenvalue weighted by Gasteiger charge is -2.41. The Morgan fingerprint density at radius 2 is 1.66 bits per heavy atom. The first kappa shape index (κ1) is 35.7. The van der Waals surface area contributed by atoms with Crippen LogP contribution in [0.4, 0.5) is 10.5 Å². The maximum atomic E-state index is 15.1. The van der Waals surface area contributed by atoms with E-state index >= 15 is 4.79 Å². The summed E-state index contributed by atoms with van der Waals surface area (Å²) in [5.74, 6) is 0.629. The lowest BCUT2D eigenvalue weighted by molar-refractivity contribution is -0.121. The molecular weight excluding hydrogens is 682 g/mol. The second-order valence-corrected chi connectivity index (χ2v) is 15.0. The van der Waals surface area contributed by atoms with E-state index in [0.717, 1.165) is 45.3 Å². The number of nitrogens with zero attached hydrogens (tertiary/aromatic N) is 4. The maximum Gasteiger partial charge on any atom is 0.318 e. The largest absolute Gasteiger partial charge is 0.497 e. The summed E-state index contributed by atoms with van der Waals surface area (Å²) in [4.78, 5) is 37.8. The molecule has 1 atom stereocenters. The van der Waals surface area contributed by atoms with E-state index < -0.39 is 27.5 Å². The minimum atomic E-state index is -4.64. The Hall–Kier alpha value is -4.07. The van der Waals surface area contributed by atoms with Crippen LogP contribution in [0.2, 0.25) is 5.02 Å². The summed E-state index contributed by atoms with van der Waals surface area (Å²) in [7, 11) is -1.86. The number of benzene rings is 2. The fourth-order valence-corrected chi connectivity index (χ4v) is 9.40. The first-order chi connectivity index (χ1) is 24.1. The standard InChI is InChI=1S/C36H44ClN5O7S/c1-5-40-18-13-24(14-19-40)25-15-20-41(21-16-25)35(44)39-36(28-8-7-17-38-33(28)49-6-2)29-22-26(37)9-11-30(29)42(34(36)43)50(45,46)32-12-10-27(47-3)23-31(32)48-4/h7-12,17,22-25H,5-6,13-16,18-21H2,1-4H3,(H,39,44). The second-order valence-electron chi connectivity index (χ2n) is 12.8. The third-order valence-electron chi connectivity index (χ3n) is 10.3. The molecule has 1 unspecified atom stereocenters. The number of carbonyl (C=O) groups excluding carboxylic acids is 2. The summed E-state index contributed by atoms with van der Waals surface area (Å²) in [6.45, 7) is 8.45. The highest BCUT2D eigenvalue weighted by atomic mass is 35.5. The van der Waals surface area contributed by atoms with E-state index in [-0.39, 0.29) is 45.0 Å². The predicted octanol–water partition coefficient (Wildman–Crippen LogP) is 5.28. The number of ether oxygens (including phenoxy) is 3. The number of rotatable bonds is 10. The molecule has 0 radical (unpaired) electrons. The fraction of sp³-hybridized carbons (Fsp3) is 0.472. The van der Waals surface area contributed by atoms with E-state index in [1.54, 1.807) is 24.0 Å². The van der Waals surface area contributed by atoms with Gasteiger partial charge in [0.1, 0.15) is 16.4 Å². The molecule has 268 valence electrons. The molecule has 2 saturated heterocycles. The zero-order valence-corrected chi connectivity index (χ0v) is 30.4. The molecule has 12 nitrogen and oxygen atoms in total. The Morgan fingerprint density at radius 3 is 2.30 bits per heavy atom. The molecule has 0 aliphatic carbocycles. The molecule has 0 saturated carbocycles. The lowest BCUT2D eigenvalue weighted by Crippen LogP contribution is -2.58. The number of carbonyl (C=O) groups is 2. The van der Waals surface area contributed by atoms with Gasteiger partial charge in [-0.1, -0.05) is 18.5 Å². The normalized spacial score (nSPS) is 20.5. The summed E-state index contributed by atoms with van der Waals surface area (Å²) < 4.78 is 46.5. The molecule has 1 aromatic heterocycles. The summed E-state index contributed by atoms with van der Waals surface area (Å²) in [6.07, 6.45) is 5.52. The Morgan fingerprint density at radius 1 is 0.960 bits per heavy atom. The van der Waals surface area contributed by atoms with Crippen LogP contribution in [0.5, 0.6) is 17.4 Å². The minimum Gasteiger partial charge on any atom is -0.497 e. The molecule has 50 heavy (non-hydrogen) atoms. The highest BCUT2D eigenvalue weighted by molar-refractivity contribution is 7.93. The van der Waals surface area contributed by atoms with Crippen molar-refractivity contribution in [1.82, 2.24) is 20.1 Å². The topological polar surface area (TPSA) is 131 Å². The van der Waals surface area contributed by atoms with Crippen LogP contribution < -0.4 is 23.8 Å². The van der Waals surface area contributed by atoms with E-state index in [1.165, 1.54) is 56.8 Å². The molecule has 1 N–H and O–H groups in total. The van der Waals surface area contributed by atoms with Crippen LogP contribution in [-0.2, 0) is 20.4 Å². The van der Waals surface area contributed by atoms with Crippen LogP contribution in [0, 0.1) is 11.8 Å². The molecule has 3 aliphatic heterocycles. The smallest absolute Gasteiger partial charge is 0.318 e. The summed E-state index contributed by atoms with van der Waals surface area (Å²) in [5, 5.41) is 3.26. The first-order valence-corrected chi connectivity index (χ1v) is 18.9. The molecular formula is C36H44ClN5O7S. The molecule has 6 rings (SSSR count). The Kier molecular flexibility index (Phi) is 10.5. The van der Waals surface area contributed by atoms with Crippen LogP contribution >= 0.6 is 11.6 Å². The molecule has 2 fully saturated rings. The van der Waals surface area contributed by atoms with E-state index in [0.29, 0.717) is 35.0 Å². The van der Waals surface area contributed by atoms with Crippen molar-refractivity contribution >= 4 is 39.2 Å². The average Bonchev–Trinajstić information content (AvgIpc) is 3.38. The van der Waals surface area contributed by atoms with Gasteiger partial charge in [0.25, 0.3) is 15.9 Å². The molecule has 3 amide bonds. The number of aromatic nitrogens is 1.